The van der Waals surface area contributed by atoms with Gasteiger partial charge in [-0.05, 0) is 38.3 Å². The zero-order valence-electron chi connectivity index (χ0n) is 14.1. The maximum Gasteiger partial charge on any atom is 0.269 e. The van der Waals surface area contributed by atoms with Gasteiger partial charge < -0.3 is 10.2 Å². The lowest BCUT2D eigenvalue weighted by Gasteiger charge is -2.30. The molecular weight excluding hydrogens is 326 g/mol. The molecule has 0 spiro atoms. The summed E-state index contributed by atoms with van der Waals surface area (Å²) in [5, 5.41) is 13.5. The Hall–Kier alpha value is -1.60. The minimum absolute atomic E-state index is 0.0139. The second-order valence-electron chi connectivity index (χ2n) is 6.30. The lowest BCUT2D eigenvalue weighted by atomic mass is 10.0. The molecule has 24 heavy (non-hydrogen) atoms. The summed E-state index contributed by atoms with van der Waals surface area (Å²) < 4.78 is 0. The number of nitrogens with one attached hydrogen (secondary N) is 2. The Morgan fingerprint density at radius 1 is 1.38 bits per heavy atom. The van der Waals surface area contributed by atoms with E-state index in [0.717, 1.165) is 30.4 Å². The van der Waals surface area contributed by atoms with Crippen LogP contribution in [0.3, 0.4) is 0 Å². The van der Waals surface area contributed by atoms with Crippen molar-refractivity contribution >= 4 is 23.4 Å². The molecule has 6 nitrogen and oxygen atoms in total. The SMILES string of the molecule is C[C@H]1CCCC[NH+]1CCCNC(=O)CSc1ccc([N+](=O)[O-])cc1. The summed E-state index contributed by atoms with van der Waals surface area (Å²) >= 11 is 1.40. The Morgan fingerprint density at radius 2 is 2.12 bits per heavy atom. The van der Waals surface area contributed by atoms with Gasteiger partial charge in [0.2, 0.25) is 5.91 Å². The molecule has 2 rings (SSSR count). The summed E-state index contributed by atoms with van der Waals surface area (Å²) in [6, 6.07) is 7.02. The zero-order chi connectivity index (χ0) is 17.4. The normalized spacial score (nSPS) is 20.5. The lowest BCUT2D eigenvalue weighted by Crippen LogP contribution is -3.16. The van der Waals surface area contributed by atoms with Crippen LogP contribution in [-0.2, 0) is 4.79 Å². The number of benzene rings is 1. The molecule has 1 fully saturated rings. The highest BCUT2D eigenvalue weighted by Crippen LogP contribution is 2.20. The van der Waals surface area contributed by atoms with Crippen molar-refractivity contribution in [1.82, 2.24) is 5.32 Å². The van der Waals surface area contributed by atoms with E-state index < -0.39 is 4.92 Å². The standard InChI is InChI=1S/C17H25N3O3S/c1-14-5-2-3-11-19(14)12-4-10-18-17(21)13-24-16-8-6-15(7-9-16)20(22)23/h6-9,14H,2-5,10-13H2,1H3,(H,18,21)/p+1/t14-/m0/s1. The molecule has 2 N–H and O–H groups in total. The van der Waals surface area contributed by atoms with Crippen LogP contribution in [0.2, 0.25) is 0 Å². The number of nitro benzene ring substituents is 1. The molecule has 0 bridgehead atoms. The monoisotopic (exact) mass is 352 g/mol. The van der Waals surface area contributed by atoms with Gasteiger partial charge >= 0.3 is 0 Å². The first-order valence-electron chi connectivity index (χ1n) is 8.55. The Bertz CT molecular complexity index is 551. The van der Waals surface area contributed by atoms with Gasteiger partial charge in [-0.15, -0.1) is 11.8 Å². The highest BCUT2D eigenvalue weighted by Gasteiger charge is 2.20. The largest absolute Gasteiger partial charge is 0.355 e. The van der Waals surface area contributed by atoms with Gasteiger partial charge in [0.15, 0.2) is 0 Å². The summed E-state index contributed by atoms with van der Waals surface area (Å²) in [6.07, 6.45) is 4.99. The van der Waals surface area contributed by atoms with Crippen LogP contribution in [0, 0.1) is 10.1 Å². The number of thioether (sulfide) groups is 1. The molecule has 1 unspecified atom stereocenters. The molecular formula is C17H26N3O3S+. The number of nitro groups is 1. The van der Waals surface area contributed by atoms with Gasteiger partial charge in [-0.2, -0.15) is 0 Å². The van der Waals surface area contributed by atoms with Crippen LogP contribution in [0.4, 0.5) is 5.69 Å². The van der Waals surface area contributed by atoms with Crippen molar-refractivity contribution in [3.05, 3.63) is 34.4 Å². The molecule has 0 aliphatic carbocycles. The maximum atomic E-state index is 11.9. The minimum Gasteiger partial charge on any atom is -0.355 e. The molecule has 0 aromatic heterocycles. The Kier molecular flexibility index (Phi) is 7.52. The van der Waals surface area contributed by atoms with E-state index in [9.17, 15) is 14.9 Å². The predicted molar refractivity (Wildman–Crippen MR) is 95.5 cm³/mol. The highest BCUT2D eigenvalue weighted by molar-refractivity contribution is 8.00. The molecule has 2 atom stereocenters. The molecule has 1 saturated heterocycles. The van der Waals surface area contributed by atoms with Crippen LogP contribution in [0.15, 0.2) is 29.2 Å². The van der Waals surface area contributed by atoms with Crippen molar-refractivity contribution in [1.29, 1.82) is 0 Å². The van der Waals surface area contributed by atoms with Crippen molar-refractivity contribution < 1.29 is 14.6 Å². The first kappa shape index (κ1) is 18.7. The van der Waals surface area contributed by atoms with E-state index in [1.165, 1.54) is 49.7 Å². The lowest BCUT2D eigenvalue weighted by molar-refractivity contribution is -0.928. The number of carbonyl (C=O) groups excluding carboxylic acids is 1. The number of carbonyl (C=O) groups is 1. The molecule has 1 aromatic carbocycles. The fourth-order valence-corrected chi connectivity index (χ4v) is 3.76. The molecule has 1 amide bonds. The van der Waals surface area contributed by atoms with Gasteiger partial charge in [-0.25, -0.2) is 0 Å². The van der Waals surface area contributed by atoms with E-state index in [1.807, 2.05) is 0 Å². The second kappa shape index (κ2) is 9.64. The van der Waals surface area contributed by atoms with Crippen LogP contribution in [0.25, 0.3) is 0 Å². The van der Waals surface area contributed by atoms with Crippen LogP contribution in [-0.4, -0.2) is 42.3 Å². The third-order valence-electron chi connectivity index (χ3n) is 4.50. The summed E-state index contributed by atoms with van der Waals surface area (Å²) in [4.78, 5) is 24.6. The van der Waals surface area contributed by atoms with E-state index in [2.05, 4.69) is 12.2 Å². The summed E-state index contributed by atoms with van der Waals surface area (Å²) in [6.45, 7) is 5.41. The van der Waals surface area contributed by atoms with E-state index in [1.54, 1.807) is 17.0 Å². The van der Waals surface area contributed by atoms with Gasteiger partial charge in [-0.3, -0.25) is 14.9 Å². The van der Waals surface area contributed by atoms with E-state index in [-0.39, 0.29) is 11.6 Å². The number of hydrogen-bond acceptors (Lipinski definition) is 4. The maximum absolute atomic E-state index is 11.9. The molecule has 7 heteroatoms. The fourth-order valence-electron chi connectivity index (χ4n) is 3.03. The highest BCUT2D eigenvalue weighted by atomic mass is 32.2. The van der Waals surface area contributed by atoms with Crippen molar-refractivity contribution in [3.8, 4) is 0 Å². The summed E-state index contributed by atoms with van der Waals surface area (Å²) in [7, 11) is 0. The number of likely N-dealkylation sites (tertiary alicyclic amines) is 1. The van der Waals surface area contributed by atoms with Gasteiger partial charge in [0.1, 0.15) is 0 Å². The van der Waals surface area contributed by atoms with Crippen LogP contribution < -0.4 is 10.2 Å². The van der Waals surface area contributed by atoms with Crippen molar-refractivity contribution in [2.45, 2.75) is 43.5 Å². The number of non-ortho nitro benzene ring substituents is 1. The van der Waals surface area contributed by atoms with E-state index in [0.29, 0.717) is 5.75 Å². The van der Waals surface area contributed by atoms with Gasteiger partial charge in [-0.1, -0.05) is 0 Å². The third kappa shape index (κ3) is 6.13. The number of rotatable bonds is 8. The Labute approximate surface area is 147 Å². The molecule has 1 heterocycles. The average molecular weight is 352 g/mol. The summed E-state index contributed by atoms with van der Waals surface area (Å²) in [5.41, 5.74) is 0.0678. The number of quaternary nitrogens is 1. The molecule has 132 valence electrons. The second-order valence-corrected chi connectivity index (χ2v) is 7.35. The smallest absolute Gasteiger partial charge is 0.269 e. The van der Waals surface area contributed by atoms with Crippen LogP contribution in [0.5, 0.6) is 0 Å². The molecule has 1 aromatic rings. The number of amides is 1. The van der Waals surface area contributed by atoms with Gasteiger partial charge in [0, 0.05) is 30.0 Å². The first-order chi connectivity index (χ1) is 11.6. The molecule has 1 aliphatic rings. The number of nitrogens with zero attached hydrogens (tertiary/aromatic N) is 1. The first-order valence-corrected chi connectivity index (χ1v) is 9.53. The van der Waals surface area contributed by atoms with Crippen molar-refractivity contribution in [2.24, 2.45) is 0 Å². The predicted octanol–water partition coefficient (Wildman–Crippen LogP) is 1.65. The summed E-state index contributed by atoms with van der Waals surface area (Å²) in [5.74, 6) is 0.352. The van der Waals surface area contributed by atoms with Gasteiger partial charge in [0.25, 0.3) is 5.69 Å². The molecule has 0 radical (unpaired) electrons. The third-order valence-corrected chi connectivity index (χ3v) is 5.51. The average Bonchev–Trinajstić information content (AvgIpc) is 2.58. The zero-order valence-corrected chi connectivity index (χ0v) is 14.9. The van der Waals surface area contributed by atoms with Crippen molar-refractivity contribution in [2.75, 3.05) is 25.4 Å². The van der Waals surface area contributed by atoms with Gasteiger partial charge in [0.05, 0.1) is 29.8 Å². The topological polar surface area (TPSA) is 76.7 Å². The minimum atomic E-state index is -0.424. The van der Waals surface area contributed by atoms with Crippen LogP contribution >= 0.6 is 11.8 Å². The molecule has 1 aliphatic heterocycles. The molecule has 0 saturated carbocycles. The Balaban J connectivity index is 1.60. The fraction of sp³-hybridized carbons (Fsp3) is 0.588. The van der Waals surface area contributed by atoms with Crippen LogP contribution in [0.1, 0.15) is 32.6 Å². The number of hydrogen-bond donors (Lipinski definition) is 2. The van der Waals surface area contributed by atoms with E-state index >= 15 is 0 Å². The Morgan fingerprint density at radius 3 is 2.79 bits per heavy atom. The number of piperidine rings is 1. The quantitative estimate of drug-likeness (QED) is 0.323. The van der Waals surface area contributed by atoms with E-state index in [4.69, 9.17) is 0 Å². The van der Waals surface area contributed by atoms with Crippen molar-refractivity contribution in [3.63, 3.8) is 0 Å².